The predicted octanol–water partition coefficient (Wildman–Crippen LogP) is 4.02. The number of halogens is 2. The number of amides is 3. The van der Waals surface area contributed by atoms with Crippen molar-refractivity contribution in [3.8, 4) is 0 Å². The quantitative estimate of drug-likeness (QED) is 0.782. The summed E-state index contributed by atoms with van der Waals surface area (Å²) in [4.78, 5) is 23.8. The molecule has 0 heterocycles. The van der Waals surface area contributed by atoms with Crippen LogP contribution >= 0.6 is 11.6 Å². The number of nitrogens with one attached hydrogen (secondary N) is 3. The molecular weight excluding hydrogens is 333 g/mol. The number of hydrogen-bond acceptors (Lipinski definition) is 2. The summed E-state index contributed by atoms with van der Waals surface area (Å²) in [5.74, 6) is -0.669. The van der Waals surface area contributed by atoms with E-state index in [1.807, 2.05) is 0 Å². The number of urea groups is 1. The molecule has 0 radical (unpaired) electrons. The van der Waals surface area contributed by atoms with Crippen molar-refractivity contribution >= 4 is 34.9 Å². The van der Waals surface area contributed by atoms with Gasteiger partial charge in [0.15, 0.2) is 0 Å². The van der Waals surface area contributed by atoms with Crippen molar-refractivity contribution in [2.75, 3.05) is 10.6 Å². The normalized spacial score (nSPS) is 13.2. The maximum atomic E-state index is 13.1. The third-order valence-electron chi connectivity index (χ3n) is 3.49. The zero-order valence-electron chi connectivity index (χ0n) is 12.6. The molecule has 7 heteroatoms. The van der Waals surface area contributed by atoms with E-state index in [0.717, 1.165) is 12.8 Å². The van der Waals surface area contributed by atoms with Gasteiger partial charge in [0, 0.05) is 23.0 Å². The number of hydrogen-bond donors (Lipinski definition) is 3. The van der Waals surface area contributed by atoms with Crippen molar-refractivity contribution in [2.45, 2.75) is 18.9 Å². The Balaban J connectivity index is 1.57. The van der Waals surface area contributed by atoms with E-state index >= 15 is 0 Å². The molecule has 0 aliphatic heterocycles. The van der Waals surface area contributed by atoms with Gasteiger partial charge in [-0.3, -0.25) is 4.79 Å². The first-order valence-electron chi connectivity index (χ1n) is 7.45. The largest absolute Gasteiger partial charge is 0.349 e. The van der Waals surface area contributed by atoms with E-state index in [-0.39, 0.29) is 10.9 Å². The van der Waals surface area contributed by atoms with Crippen molar-refractivity contribution in [3.63, 3.8) is 0 Å². The summed E-state index contributed by atoms with van der Waals surface area (Å²) in [6.45, 7) is 0. The SMILES string of the molecule is O=C(Nc1ccc(C(=O)NC2CC2)cc1)Nc1ccc(F)c(Cl)c1. The first kappa shape index (κ1) is 16.3. The summed E-state index contributed by atoms with van der Waals surface area (Å²) in [5, 5.41) is 8.00. The minimum Gasteiger partial charge on any atom is -0.349 e. The molecule has 0 saturated heterocycles. The lowest BCUT2D eigenvalue weighted by Gasteiger charge is -2.09. The minimum atomic E-state index is -0.553. The molecule has 2 aromatic carbocycles. The summed E-state index contributed by atoms with van der Waals surface area (Å²) < 4.78 is 13.1. The van der Waals surface area contributed by atoms with Gasteiger partial charge < -0.3 is 16.0 Å². The molecule has 0 unspecified atom stereocenters. The molecule has 1 fully saturated rings. The molecule has 0 aromatic heterocycles. The number of benzene rings is 2. The average molecular weight is 348 g/mol. The molecule has 1 aliphatic carbocycles. The van der Waals surface area contributed by atoms with Gasteiger partial charge in [-0.2, -0.15) is 0 Å². The Bertz CT molecular complexity index is 776. The second kappa shape index (κ2) is 6.88. The first-order chi connectivity index (χ1) is 11.5. The van der Waals surface area contributed by atoms with E-state index < -0.39 is 11.8 Å². The van der Waals surface area contributed by atoms with Gasteiger partial charge in [0.2, 0.25) is 0 Å². The zero-order valence-corrected chi connectivity index (χ0v) is 13.4. The van der Waals surface area contributed by atoms with E-state index in [0.29, 0.717) is 23.0 Å². The number of anilines is 2. The van der Waals surface area contributed by atoms with Gasteiger partial charge in [0.1, 0.15) is 5.82 Å². The fourth-order valence-electron chi connectivity index (χ4n) is 2.07. The molecule has 124 valence electrons. The van der Waals surface area contributed by atoms with Crippen molar-refractivity contribution in [1.29, 1.82) is 0 Å². The van der Waals surface area contributed by atoms with Crippen LogP contribution in [0.1, 0.15) is 23.2 Å². The van der Waals surface area contributed by atoms with E-state index in [4.69, 9.17) is 11.6 Å². The lowest BCUT2D eigenvalue weighted by atomic mass is 10.2. The van der Waals surface area contributed by atoms with Gasteiger partial charge in [-0.1, -0.05) is 11.6 Å². The average Bonchev–Trinajstić information content (AvgIpc) is 3.35. The second-order valence-electron chi connectivity index (χ2n) is 5.53. The van der Waals surface area contributed by atoms with Gasteiger partial charge in [-0.25, -0.2) is 9.18 Å². The third-order valence-corrected chi connectivity index (χ3v) is 3.78. The van der Waals surface area contributed by atoms with E-state index in [1.54, 1.807) is 24.3 Å². The molecule has 5 nitrogen and oxygen atoms in total. The first-order valence-corrected chi connectivity index (χ1v) is 7.83. The molecule has 0 spiro atoms. The van der Waals surface area contributed by atoms with Crippen molar-refractivity contribution in [3.05, 3.63) is 58.9 Å². The summed E-state index contributed by atoms with van der Waals surface area (Å²) in [6.07, 6.45) is 2.05. The van der Waals surface area contributed by atoms with Crippen LogP contribution in [-0.4, -0.2) is 18.0 Å². The molecule has 1 aliphatic rings. The Kier molecular flexibility index (Phi) is 4.66. The topological polar surface area (TPSA) is 70.2 Å². The van der Waals surface area contributed by atoms with E-state index in [2.05, 4.69) is 16.0 Å². The fraction of sp³-hybridized carbons (Fsp3) is 0.176. The zero-order chi connectivity index (χ0) is 17.1. The molecule has 3 N–H and O–H groups in total. The highest BCUT2D eigenvalue weighted by Crippen LogP contribution is 2.21. The molecule has 1 saturated carbocycles. The molecule has 0 atom stereocenters. The van der Waals surface area contributed by atoms with E-state index in [1.165, 1.54) is 18.2 Å². The highest BCUT2D eigenvalue weighted by atomic mass is 35.5. The Morgan fingerprint density at radius 3 is 2.25 bits per heavy atom. The lowest BCUT2D eigenvalue weighted by Crippen LogP contribution is -2.25. The van der Waals surface area contributed by atoms with Crippen LogP contribution in [0.4, 0.5) is 20.6 Å². The lowest BCUT2D eigenvalue weighted by molar-refractivity contribution is 0.0951. The van der Waals surface area contributed by atoms with Crippen LogP contribution in [0.15, 0.2) is 42.5 Å². The van der Waals surface area contributed by atoms with Gasteiger partial charge in [-0.05, 0) is 55.3 Å². The summed E-state index contributed by atoms with van der Waals surface area (Å²) in [5.41, 5.74) is 1.45. The van der Waals surface area contributed by atoms with Crippen LogP contribution in [0.25, 0.3) is 0 Å². The van der Waals surface area contributed by atoms with Crippen LogP contribution in [-0.2, 0) is 0 Å². The van der Waals surface area contributed by atoms with Gasteiger partial charge in [0.05, 0.1) is 5.02 Å². The van der Waals surface area contributed by atoms with Gasteiger partial charge in [-0.15, -0.1) is 0 Å². The Hall–Kier alpha value is -2.60. The van der Waals surface area contributed by atoms with Crippen LogP contribution < -0.4 is 16.0 Å². The molecule has 3 amide bonds. The second-order valence-corrected chi connectivity index (χ2v) is 5.94. The molecule has 2 aromatic rings. The molecular formula is C17H15ClFN3O2. The highest BCUT2D eigenvalue weighted by molar-refractivity contribution is 6.31. The summed E-state index contributed by atoms with van der Waals surface area (Å²) >= 11 is 5.66. The smallest absolute Gasteiger partial charge is 0.323 e. The highest BCUT2D eigenvalue weighted by Gasteiger charge is 2.23. The van der Waals surface area contributed by atoms with Crippen molar-refractivity contribution < 1.29 is 14.0 Å². The van der Waals surface area contributed by atoms with E-state index in [9.17, 15) is 14.0 Å². The minimum absolute atomic E-state index is 0.0705. The number of carbonyl (C=O) groups is 2. The van der Waals surface area contributed by atoms with Crippen molar-refractivity contribution in [2.24, 2.45) is 0 Å². The Morgan fingerprint density at radius 1 is 1.00 bits per heavy atom. The van der Waals surface area contributed by atoms with Crippen LogP contribution in [0.5, 0.6) is 0 Å². The molecule has 3 rings (SSSR count). The van der Waals surface area contributed by atoms with Gasteiger partial charge >= 0.3 is 6.03 Å². The fourth-order valence-corrected chi connectivity index (χ4v) is 2.25. The van der Waals surface area contributed by atoms with Crippen LogP contribution in [0, 0.1) is 5.82 Å². The monoisotopic (exact) mass is 347 g/mol. The van der Waals surface area contributed by atoms with Gasteiger partial charge in [0.25, 0.3) is 5.91 Å². The predicted molar refractivity (Wildman–Crippen MR) is 91.0 cm³/mol. The maximum absolute atomic E-state index is 13.1. The molecule has 0 bridgehead atoms. The van der Waals surface area contributed by atoms with Crippen molar-refractivity contribution in [1.82, 2.24) is 5.32 Å². The number of rotatable bonds is 4. The molecule has 24 heavy (non-hydrogen) atoms. The van der Waals surface area contributed by atoms with Crippen LogP contribution in [0.2, 0.25) is 5.02 Å². The number of carbonyl (C=O) groups excluding carboxylic acids is 2. The van der Waals surface area contributed by atoms with Crippen LogP contribution in [0.3, 0.4) is 0 Å². The summed E-state index contributed by atoms with van der Waals surface area (Å²) in [6, 6.07) is 10.3. The summed E-state index contributed by atoms with van der Waals surface area (Å²) in [7, 11) is 0. The standard InChI is InChI=1S/C17H15ClFN3O2/c18-14-9-13(7-8-15(14)19)22-17(24)21-12-3-1-10(2-4-12)16(23)20-11-5-6-11/h1-4,7-9,11H,5-6H2,(H,20,23)(H2,21,22,24). The third kappa shape index (κ3) is 4.23. The Labute approximate surface area is 143 Å². The Morgan fingerprint density at radius 2 is 1.62 bits per heavy atom. The maximum Gasteiger partial charge on any atom is 0.323 e.